The van der Waals surface area contributed by atoms with Crippen LogP contribution in [0.15, 0.2) is 0 Å². The summed E-state index contributed by atoms with van der Waals surface area (Å²) in [5.74, 6) is 1.05. The van der Waals surface area contributed by atoms with Gasteiger partial charge in [0.05, 0.1) is 0 Å². The molecule has 0 spiro atoms. The Hall–Kier alpha value is -0.0800. The molecule has 0 amide bonds. The van der Waals surface area contributed by atoms with Crippen LogP contribution in [-0.2, 0) is 0 Å². The summed E-state index contributed by atoms with van der Waals surface area (Å²) in [6.45, 7) is 7.33. The van der Waals surface area contributed by atoms with E-state index >= 15 is 0 Å². The molecule has 1 saturated carbocycles. The summed E-state index contributed by atoms with van der Waals surface area (Å²) < 4.78 is 0. The summed E-state index contributed by atoms with van der Waals surface area (Å²) in [7, 11) is 0. The van der Waals surface area contributed by atoms with Crippen molar-refractivity contribution in [1.82, 2.24) is 10.2 Å². The first-order valence-electron chi connectivity index (χ1n) is 4.85. The molecule has 0 radical (unpaired) electrons. The van der Waals surface area contributed by atoms with Crippen LogP contribution < -0.4 is 5.32 Å². The summed E-state index contributed by atoms with van der Waals surface area (Å²) in [6.07, 6.45) is 2.97. The zero-order valence-corrected chi connectivity index (χ0v) is 7.34. The fraction of sp³-hybridized carbons (Fsp3) is 1.00. The quantitative estimate of drug-likeness (QED) is 0.641. The van der Waals surface area contributed by atoms with E-state index in [-0.39, 0.29) is 0 Å². The first-order valence-corrected chi connectivity index (χ1v) is 4.85. The predicted molar refractivity (Wildman–Crippen MR) is 46.6 cm³/mol. The average molecular weight is 154 g/mol. The highest BCUT2D eigenvalue weighted by Gasteiger charge is 2.29. The Kier molecular flexibility index (Phi) is 2.14. The molecule has 0 aromatic rings. The van der Waals surface area contributed by atoms with Crippen LogP contribution in [0.1, 0.15) is 19.8 Å². The molecule has 1 aliphatic carbocycles. The Bertz CT molecular complexity index is 128. The number of hydrogen-bond donors (Lipinski definition) is 1. The minimum atomic E-state index is 0.862. The molecule has 1 N–H and O–H groups in total. The second kappa shape index (κ2) is 3.11. The minimum absolute atomic E-state index is 0.862. The third kappa shape index (κ3) is 1.74. The van der Waals surface area contributed by atoms with Crippen molar-refractivity contribution >= 4 is 0 Å². The van der Waals surface area contributed by atoms with Crippen molar-refractivity contribution in [3.05, 3.63) is 0 Å². The summed E-state index contributed by atoms with van der Waals surface area (Å²) in [5.41, 5.74) is 0. The molecule has 1 aliphatic heterocycles. The van der Waals surface area contributed by atoms with Gasteiger partial charge in [0.2, 0.25) is 0 Å². The number of nitrogens with one attached hydrogen (secondary N) is 1. The molecule has 1 heterocycles. The third-order valence-electron chi connectivity index (χ3n) is 2.87. The van der Waals surface area contributed by atoms with Crippen LogP contribution in [0.25, 0.3) is 0 Å². The summed E-state index contributed by atoms with van der Waals surface area (Å²) in [4.78, 5) is 2.63. The lowest BCUT2D eigenvalue weighted by molar-refractivity contribution is 0.147. The monoisotopic (exact) mass is 154 g/mol. The van der Waals surface area contributed by atoms with Gasteiger partial charge in [-0.05, 0) is 25.3 Å². The Labute approximate surface area is 69.0 Å². The van der Waals surface area contributed by atoms with E-state index in [0.717, 1.165) is 12.0 Å². The van der Waals surface area contributed by atoms with E-state index in [1.165, 1.54) is 39.0 Å². The average Bonchev–Trinajstić information content (AvgIpc) is 2.66. The van der Waals surface area contributed by atoms with E-state index in [1.54, 1.807) is 0 Å². The van der Waals surface area contributed by atoms with Crippen molar-refractivity contribution in [3.63, 3.8) is 0 Å². The number of rotatable bonds is 4. The first-order chi connectivity index (χ1) is 5.40. The van der Waals surface area contributed by atoms with Gasteiger partial charge in [-0.2, -0.15) is 0 Å². The topological polar surface area (TPSA) is 15.3 Å². The van der Waals surface area contributed by atoms with Crippen LogP contribution in [0.4, 0.5) is 0 Å². The van der Waals surface area contributed by atoms with Gasteiger partial charge in [-0.1, -0.05) is 6.92 Å². The highest BCUT2D eigenvalue weighted by Crippen LogP contribution is 2.30. The van der Waals surface area contributed by atoms with Crippen LogP contribution in [0, 0.1) is 5.92 Å². The van der Waals surface area contributed by atoms with Crippen LogP contribution in [0.5, 0.6) is 0 Å². The number of likely N-dealkylation sites (N-methyl/N-ethyl adjacent to an activating group) is 1. The molecule has 0 atom stereocenters. The van der Waals surface area contributed by atoms with Crippen molar-refractivity contribution in [3.8, 4) is 0 Å². The smallest absolute Gasteiger partial charge is 0.0345 e. The molecular formula is C9H18N2. The van der Waals surface area contributed by atoms with Gasteiger partial charge in [-0.15, -0.1) is 0 Å². The lowest BCUT2D eigenvalue weighted by atomic mass is 10.1. The van der Waals surface area contributed by atoms with Gasteiger partial charge in [0.1, 0.15) is 0 Å². The Balaban J connectivity index is 1.74. The van der Waals surface area contributed by atoms with E-state index in [9.17, 15) is 0 Å². The van der Waals surface area contributed by atoms with Gasteiger partial charge in [0, 0.05) is 25.7 Å². The summed E-state index contributed by atoms with van der Waals surface area (Å²) in [5, 5.41) is 3.33. The summed E-state index contributed by atoms with van der Waals surface area (Å²) >= 11 is 0. The predicted octanol–water partition coefficient (Wildman–Crippen LogP) is 0.690. The zero-order valence-electron chi connectivity index (χ0n) is 7.34. The van der Waals surface area contributed by atoms with Crippen LogP contribution in [0.3, 0.4) is 0 Å². The molecule has 2 aliphatic rings. The normalized spacial score (nSPS) is 25.6. The van der Waals surface area contributed by atoms with Crippen molar-refractivity contribution < 1.29 is 0 Å². The van der Waals surface area contributed by atoms with E-state index in [1.807, 2.05) is 0 Å². The van der Waals surface area contributed by atoms with Crippen LogP contribution >= 0.6 is 0 Å². The van der Waals surface area contributed by atoms with E-state index in [4.69, 9.17) is 0 Å². The second-order valence-corrected chi connectivity index (χ2v) is 3.84. The van der Waals surface area contributed by atoms with Gasteiger partial charge in [-0.25, -0.2) is 0 Å². The Morgan fingerprint density at radius 2 is 2.09 bits per heavy atom. The Morgan fingerprint density at radius 1 is 1.36 bits per heavy atom. The summed E-state index contributed by atoms with van der Waals surface area (Å²) in [6, 6.07) is 0.862. The number of hydrogen-bond acceptors (Lipinski definition) is 2. The molecular weight excluding hydrogens is 136 g/mol. The second-order valence-electron chi connectivity index (χ2n) is 3.84. The Morgan fingerprint density at radius 3 is 2.45 bits per heavy atom. The standard InChI is InChI=1S/C9H18N2/c1-2-11(7-8-3-4-8)9-5-10-6-9/h8-10H,2-7H2,1H3. The zero-order chi connectivity index (χ0) is 7.68. The molecule has 2 fully saturated rings. The van der Waals surface area contributed by atoms with Crippen molar-refractivity contribution in [2.45, 2.75) is 25.8 Å². The molecule has 0 unspecified atom stereocenters. The largest absolute Gasteiger partial charge is 0.314 e. The maximum absolute atomic E-state index is 3.33. The van der Waals surface area contributed by atoms with Crippen LogP contribution in [-0.4, -0.2) is 37.1 Å². The van der Waals surface area contributed by atoms with Gasteiger partial charge >= 0.3 is 0 Å². The maximum atomic E-state index is 3.33. The molecule has 0 aromatic carbocycles. The molecule has 64 valence electrons. The fourth-order valence-corrected chi connectivity index (χ4v) is 1.70. The molecule has 2 rings (SSSR count). The lowest BCUT2D eigenvalue weighted by Gasteiger charge is -2.37. The SMILES string of the molecule is CCN(CC1CC1)C1CNC1. The van der Waals surface area contributed by atoms with Crippen molar-refractivity contribution in [2.75, 3.05) is 26.2 Å². The molecule has 1 saturated heterocycles. The highest BCUT2D eigenvalue weighted by molar-refractivity contribution is 4.87. The van der Waals surface area contributed by atoms with E-state index in [2.05, 4.69) is 17.1 Å². The molecule has 2 heteroatoms. The van der Waals surface area contributed by atoms with Crippen LogP contribution in [0.2, 0.25) is 0 Å². The van der Waals surface area contributed by atoms with E-state index in [0.29, 0.717) is 0 Å². The highest BCUT2D eigenvalue weighted by atomic mass is 15.2. The third-order valence-corrected chi connectivity index (χ3v) is 2.87. The van der Waals surface area contributed by atoms with Gasteiger partial charge in [0.25, 0.3) is 0 Å². The van der Waals surface area contributed by atoms with Gasteiger partial charge < -0.3 is 5.32 Å². The fourth-order valence-electron chi connectivity index (χ4n) is 1.70. The minimum Gasteiger partial charge on any atom is -0.314 e. The maximum Gasteiger partial charge on any atom is 0.0345 e. The lowest BCUT2D eigenvalue weighted by Crippen LogP contribution is -2.57. The first kappa shape index (κ1) is 7.56. The molecule has 2 nitrogen and oxygen atoms in total. The van der Waals surface area contributed by atoms with E-state index < -0.39 is 0 Å². The van der Waals surface area contributed by atoms with Crippen molar-refractivity contribution in [2.24, 2.45) is 5.92 Å². The molecule has 0 aromatic heterocycles. The van der Waals surface area contributed by atoms with Crippen molar-refractivity contribution in [1.29, 1.82) is 0 Å². The number of nitrogens with zero attached hydrogens (tertiary/aromatic N) is 1. The molecule has 0 bridgehead atoms. The molecule has 11 heavy (non-hydrogen) atoms. The van der Waals surface area contributed by atoms with Gasteiger partial charge in [0.15, 0.2) is 0 Å². The van der Waals surface area contributed by atoms with Gasteiger partial charge in [-0.3, -0.25) is 4.90 Å².